The van der Waals surface area contributed by atoms with Crippen LogP contribution in [0.15, 0.2) is 63.3 Å². The molecule has 0 radical (unpaired) electrons. The number of para-hydroxylation sites is 1. The summed E-state index contributed by atoms with van der Waals surface area (Å²) in [5, 5.41) is 5.31. The largest absolute Gasteiger partial charge is 0.465 e. The number of ether oxygens (including phenoxy) is 2. The van der Waals surface area contributed by atoms with E-state index in [4.69, 9.17) is 14.6 Å². The number of primary sulfonamides is 1. The van der Waals surface area contributed by atoms with Crippen molar-refractivity contribution in [2.24, 2.45) is 5.14 Å². The molecule has 10 heteroatoms. The second kappa shape index (κ2) is 7.85. The first kappa shape index (κ1) is 19.9. The first-order chi connectivity index (χ1) is 12.2. The van der Waals surface area contributed by atoms with Gasteiger partial charge in [-0.2, -0.15) is 0 Å². The summed E-state index contributed by atoms with van der Waals surface area (Å²) in [4.78, 5) is 25.5. The molecule has 1 aliphatic rings. The van der Waals surface area contributed by atoms with Gasteiger partial charge in [-0.25, -0.2) is 23.1 Å². The van der Waals surface area contributed by atoms with Crippen molar-refractivity contribution in [3.63, 3.8) is 0 Å². The van der Waals surface area contributed by atoms with Crippen LogP contribution in [0.25, 0.3) is 0 Å². The van der Waals surface area contributed by atoms with Crippen LogP contribution in [0.4, 0.5) is 5.69 Å². The third-order valence-electron chi connectivity index (χ3n) is 3.39. The summed E-state index contributed by atoms with van der Waals surface area (Å²) in [6, 6.07) is 4.34. The lowest BCUT2D eigenvalue weighted by molar-refractivity contribution is -0.139. The zero-order valence-electron chi connectivity index (χ0n) is 13.8. The maximum absolute atomic E-state index is 12.4. The molecule has 138 valence electrons. The number of hydrogen-bond acceptors (Lipinski definition) is 7. The SMILES string of the molecule is COC(=O)C1=C(C(=O)OC)N(c2c(Br)cccc2S(N)(=O)=O)C=CC=C1. The van der Waals surface area contributed by atoms with E-state index in [-0.39, 0.29) is 21.9 Å². The number of allylic oxidation sites excluding steroid dienone is 2. The monoisotopic (exact) mass is 442 g/mol. The second-order valence-corrected chi connectivity index (χ2v) is 7.33. The number of carbonyl (C=O) groups is 2. The fourth-order valence-electron chi connectivity index (χ4n) is 2.30. The molecule has 0 atom stereocenters. The molecule has 0 fully saturated rings. The Balaban J connectivity index is 2.87. The van der Waals surface area contributed by atoms with Crippen molar-refractivity contribution in [3.05, 3.63) is 58.4 Å². The van der Waals surface area contributed by atoms with Crippen molar-refractivity contribution in [3.8, 4) is 0 Å². The molecule has 0 saturated heterocycles. The van der Waals surface area contributed by atoms with E-state index in [1.165, 1.54) is 41.5 Å². The van der Waals surface area contributed by atoms with Crippen molar-refractivity contribution in [1.82, 2.24) is 0 Å². The summed E-state index contributed by atoms with van der Waals surface area (Å²) in [5.74, 6) is -1.66. The number of halogens is 1. The average Bonchev–Trinajstić information content (AvgIpc) is 2.82. The molecule has 0 aromatic heterocycles. The van der Waals surface area contributed by atoms with Crippen molar-refractivity contribution in [2.75, 3.05) is 19.1 Å². The number of hydrogen-bond donors (Lipinski definition) is 1. The molecule has 0 aliphatic carbocycles. The molecule has 2 N–H and O–H groups in total. The van der Waals surface area contributed by atoms with Crippen LogP contribution in [0, 0.1) is 0 Å². The lowest BCUT2D eigenvalue weighted by atomic mass is 10.1. The standard InChI is InChI=1S/C16H15BrN2O6S/c1-24-15(20)10-6-3-4-9-19(13(10)16(21)25-2)14-11(17)7-5-8-12(14)26(18,22)23/h3-9H,1-2H3,(H2,18,22,23). The molecule has 0 amide bonds. The van der Waals surface area contributed by atoms with E-state index in [1.807, 2.05) is 0 Å². The summed E-state index contributed by atoms with van der Waals surface area (Å²) in [6.45, 7) is 0. The Hall–Kier alpha value is -2.43. The number of rotatable bonds is 4. The van der Waals surface area contributed by atoms with Crippen LogP contribution in [0.2, 0.25) is 0 Å². The molecule has 8 nitrogen and oxygen atoms in total. The van der Waals surface area contributed by atoms with Crippen LogP contribution >= 0.6 is 15.9 Å². The number of carbonyl (C=O) groups excluding carboxylic acids is 2. The highest BCUT2D eigenvalue weighted by Crippen LogP contribution is 2.37. The molecule has 1 aromatic carbocycles. The molecule has 26 heavy (non-hydrogen) atoms. The summed E-state index contributed by atoms with van der Waals surface area (Å²) in [5.41, 5.74) is -0.279. The number of methoxy groups -OCH3 is 2. The van der Waals surface area contributed by atoms with Crippen LogP contribution in [0.5, 0.6) is 0 Å². The van der Waals surface area contributed by atoms with Crippen LogP contribution in [0.1, 0.15) is 0 Å². The van der Waals surface area contributed by atoms with Gasteiger partial charge >= 0.3 is 11.9 Å². The quantitative estimate of drug-likeness (QED) is 0.703. The molecule has 0 bridgehead atoms. The second-order valence-electron chi connectivity index (χ2n) is 4.95. The fraction of sp³-hybridized carbons (Fsp3) is 0.125. The maximum Gasteiger partial charge on any atom is 0.355 e. The topological polar surface area (TPSA) is 116 Å². The molecule has 1 heterocycles. The summed E-state index contributed by atoms with van der Waals surface area (Å²) in [6.07, 6.45) is 5.80. The predicted octanol–water partition coefficient (Wildman–Crippen LogP) is 1.59. The van der Waals surface area contributed by atoms with Gasteiger partial charge in [0.25, 0.3) is 0 Å². The van der Waals surface area contributed by atoms with Gasteiger partial charge < -0.3 is 14.4 Å². The molecular formula is C16H15BrN2O6S. The van der Waals surface area contributed by atoms with Gasteiger partial charge in [0.2, 0.25) is 10.0 Å². The Morgan fingerprint density at radius 2 is 1.77 bits per heavy atom. The Morgan fingerprint density at radius 1 is 1.12 bits per heavy atom. The number of esters is 2. The van der Waals surface area contributed by atoms with Crippen molar-refractivity contribution in [2.45, 2.75) is 4.90 Å². The number of anilines is 1. The highest BCUT2D eigenvalue weighted by Gasteiger charge is 2.31. The molecule has 0 unspecified atom stereocenters. The zero-order chi connectivity index (χ0) is 19.5. The Morgan fingerprint density at radius 3 is 2.35 bits per heavy atom. The minimum absolute atomic E-state index is 0.0525. The first-order valence-electron chi connectivity index (χ1n) is 7.08. The highest BCUT2D eigenvalue weighted by molar-refractivity contribution is 9.10. The van der Waals surface area contributed by atoms with E-state index in [0.29, 0.717) is 4.47 Å². The van der Waals surface area contributed by atoms with E-state index in [0.717, 1.165) is 14.2 Å². The van der Waals surface area contributed by atoms with Gasteiger partial charge in [-0.05, 0) is 40.2 Å². The van der Waals surface area contributed by atoms with Crippen molar-refractivity contribution < 1.29 is 27.5 Å². The molecule has 1 aromatic rings. The number of nitrogens with two attached hydrogens (primary N) is 1. The summed E-state index contributed by atoms with van der Waals surface area (Å²) >= 11 is 3.27. The minimum atomic E-state index is -4.13. The van der Waals surface area contributed by atoms with Crippen LogP contribution in [-0.2, 0) is 29.1 Å². The number of nitrogens with zero attached hydrogens (tertiary/aromatic N) is 1. The Kier molecular flexibility index (Phi) is 6.01. The predicted molar refractivity (Wildman–Crippen MR) is 97.3 cm³/mol. The van der Waals surface area contributed by atoms with Gasteiger partial charge in [0.1, 0.15) is 10.6 Å². The van der Waals surface area contributed by atoms with Gasteiger partial charge in [-0.15, -0.1) is 0 Å². The third-order valence-corrected chi connectivity index (χ3v) is 4.97. The van der Waals surface area contributed by atoms with Crippen LogP contribution < -0.4 is 10.0 Å². The molecular weight excluding hydrogens is 428 g/mol. The van der Waals surface area contributed by atoms with Gasteiger partial charge in [0.05, 0.1) is 25.5 Å². The molecule has 0 saturated carbocycles. The zero-order valence-corrected chi connectivity index (χ0v) is 16.2. The smallest absolute Gasteiger partial charge is 0.355 e. The normalized spacial score (nSPS) is 14.2. The summed E-state index contributed by atoms with van der Waals surface area (Å²) < 4.78 is 33.9. The van der Waals surface area contributed by atoms with E-state index in [9.17, 15) is 18.0 Å². The van der Waals surface area contributed by atoms with Crippen LogP contribution in [0.3, 0.4) is 0 Å². The first-order valence-corrected chi connectivity index (χ1v) is 9.42. The van der Waals surface area contributed by atoms with Gasteiger partial charge in [0, 0.05) is 10.7 Å². The lowest BCUT2D eigenvalue weighted by Gasteiger charge is -2.25. The van der Waals surface area contributed by atoms with E-state index in [2.05, 4.69) is 15.9 Å². The maximum atomic E-state index is 12.4. The number of benzene rings is 1. The molecule has 1 aliphatic heterocycles. The Bertz CT molecular complexity index is 949. The van der Waals surface area contributed by atoms with E-state index >= 15 is 0 Å². The van der Waals surface area contributed by atoms with Crippen LogP contribution in [-0.4, -0.2) is 34.6 Å². The van der Waals surface area contributed by atoms with Gasteiger partial charge in [-0.1, -0.05) is 12.1 Å². The lowest BCUT2D eigenvalue weighted by Crippen LogP contribution is -2.29. The third kappa shape index (κ3) is 3.87. The molecule has 0 spiro atoms. The minimum Gasteiger partial charge on any atom is -0.465 e. The van der Waals surface area contributed by atoms with Gasteiger partial charge in [-0.3, -0.25) is 0 Å². The van der Waals surface area contributed by atoms with Crippen molar-refractivity contribution in [1.29, 1.82) is 0 Å². The van der Waals surface area contributed by atoms with E-state index < -0.39 is 22.0 Å². The Labute approximate surface area is 158 Å². The highest BCUT2D eigenvalue weighted by atomic mass is 79.9. The van der Waals surface area contributed by atoms with E-state index in [1.54, 1.807) is 6.07 Å². The van der Waals surface area contributed by atoms with Crippen molar-refractivity contribution >= 4 is 43.6 Å². The molecule has 2 rings (SSSR count). The summed E-state index contributed by atoms with van der Waals surface area (Å²) in [7, 11) is -1.83. The number of sulfonamides is 1. The van der Waals surface area contributed by atoms with Gasteiger partial charge in [0.15, 0.2) is 0 Å². The average molecular weight is 443 g/mol. The fourth-order valence-corrected chi connectivity index (χ4v) is 3.73.